The monoisotopic (exact) mass is 280 g/mol. The highest BCUT2D eigenvalue weighted by Crippen LogP contribution is 2.22. The Bertz CT molecular complexity index is 540. The Labute approximate surface area is 116 Å². The fourth-order valence-electron chi connectivity index (χ4n) is 1.36. The quantitative estimate of drug-likeness (QED) is 0.650. The number of aryl methyl sites for hydroxylation is 1. The normalized spacial score (nSPS) is 9.47. The van der Waals surface area contributed by atoms with E-state index in [1.807, 2.05) is 6.92 Å². The van der Waals surface area contributed by atoms with Crippen LogP contribution in [-0.4, -0.2) is 44.0 Å². The zero-order valence-electron chi connectivity index (χ0n) is 11.1. The first kappa shape index (κ1) is 15.2. The van der Waals surface area contributed by atoms with Crippen molar-refractivity contribution in [2.24, 2.45) is 5.73 Å². The van der Waals surface area contributed by atoms with E-state index < -0.39 is 5.97 Å². The molecule has 0 spiro atoms. The number of thiophene rings is 1. The summed E-state index contributed by atoms with van der Waals surface area (Å²) in [5.74, 6) is 5.00. The van der Waals surface area contributed by atoms with Gasteiger partial charge in [0.2, 0.25) is 0 Å². The molecule has 2 N–H and O–H groups in total. The molecule has 0 unspecified atom stereocenters. The smallest absolute Gasteiger partial charge is 0.325 e. The summed E-state index contributed by atoms with van der Waals surface area (Å²) in [6, 6.07) is 1.77. The van der Waals surface area contributed by atoms with Gasteiger partial charge >= 0.3 is 5.97 Å². The van der Waals surface area contributed by atoms with Crippen LogP contribution in [0.3, 0.4) is 0 Å². The molecular formula is C13H16N2O3S. The molecule has 1 heterocycles. The summed E-state index contributed by atoms with van der Waals surface area (Å²) in [4.78, 5) is 25.9. The minimum absolute atomic E-state index is 0.0733. The summed E-state index contributed by atoms with van der Waals surface area (Å²) < 4.78 is 4.52. The summed E-state index contributed by atoms with van der Waals surface area (Å²) in [5.41, 5.74) is 6.25. The third kappa shape index (κ3) is 4.09. The van der Waals surface area contributed by atoms with E-state index in [-0.39, 0.29) is 19.0 Å². The maximum absolute atomic E-state index is 12.1. The van der Waals surface area contributed by atoms with Crippen LogP contribution < -0.4 is 5.73 Å². The second kappa shape index (κ2) is 6.92. The van der Waals surface area contributed by atoms with E-state index >= 15 is 0 Å². The topological polar surface area (TPSA) is 72.6 Å². The second-order valence-corrected chi connectivity index (χ2v) is 4.92. The summed E-state index contributed by atoms with van der Waals surface area (Å²) in [6.07, 6.45) is 0. The molecule has 0 aromatic carbocycles. The Morgan fingerprint density at radius 1 is 1.53 bits per heavy atom. The molecular weight excluding hydrogens is 264 g/mol. The zero-order valence-corrected chi connectivity index (χ0v) is 12.0. The van der Waals surface area contributed by atoms with Crippen molar-refractivity contribution in [1.29, 1.82) is 0 Å². The van der Waals surface area contributed by atoms with Crippen molar-refractivity contribution in [3.63, 3.8) is 0 Å². The van der Waals surface area contributed by atoms with Crippen molar-refractivity contribution >= 4 is 23.2 Å². The molecule has 102 valence electrons. The molecule has 0 saturated carbocycles. The number of rotatable bonds is 3. The summed E-state index contributed by atoms with van der Waals surface area (Å²) >= 11 is 1.30. The van der Waals surface area contributed by atoms with Crippen molar-refractivity contribution in [3.8, 4) is 11.8 Å². The Morgan fingerprint density at radius 3 is 2.79 bits per heavy atom. The molecule has 0 atom stereocenters. The average molecular weight is 280 g/mol. The molecule has 1 aromatic heterocycles. The van der Waals surface area contributed by atoms with Crippen LogP contribution in [-0.2, 0) is 9.53 Å². The highest BCUT2D eigenvalue weighted by molar-refractivity contribution is 7.14. The number of amides is 1. The van der Waals surface area contributed by atoms with Crippen molar-refractivity contribution in [3.05, 3.63) is 21.4 Å². The Morgan fingerprint density at radius 2 is 2.21 bits per heavy atom. The fraction of sp³-hybridized carbons (Fsp3) is 0.385. The van der Waals surface area contributed by atoms with Gasteiger partial charge in [0, 0.05) is 7.05 Å². The standard InChI is InChI=1S/C13H16N2O3S/c1-9-7-11(19-10(9)5-4-6-14)13(17)15(2)8-12(16)18-3/h7H,6,8,14H2,1-3H3. The van der Waals surface area contributed by atoms with Crippen LogP contribution in [0.25, 0.3) is 0 Å². The third-order valence-corrected chi connectivity index (χ3v) is 3.51. The van der Waals surface area contributed by atoms with Gasteiger partial charge in [0.05, 0.1) is 23.4 Å². The molecule has 0 aliphatic carbocycles. The number of nitrogens with zero attached hydrogens (tertiary/aromatic N) is 1. The Kier molecular flexibility index (Phi) is 5.55. The molecule has 0 saturated heterocycles. The molecule has 0 bridgehead atoms. The maximum atomic E-state index is 12.1. The number of ether oxygens (including phenoxy) is 1. The minimum Gasteiger partial charge on any atom is -0.468 e. The van der Waals surface area contributed by atoms with Gasteiger partial charge in [0.15, 0.2) is 0 Å². The summed E-state index contributed by atoms with van der Waals surface area (Å²) in [6.45, 7) is 2.09. The predicted octanol–water partition coefficient (Wildman–Crippen LogP) is 0.612. The van der Waals surface area contributed by atoms with E-state index in [4.69, 9.17) is 5.73 Å². The Hall–Kier alpha value is -1.84. The highest BCUT2D eigenvalue weighted by atomic mass is 32.1. The molecule has 6 heteroatoms. The molecule has 0 radical (unpaired) electrons. The van der Waals surface area contributed by atoms with Gasteiger partial charge in [-0.1, -0.05) is 11.8 Å². The van der Waals surface area contributed by atoms with Crippen LogP contribution in [0.4, 0.5) is 0 Å². The second-order valence-electron chi connectivity index (χ2n) is 3.87. The number of hydrogen-bond acceptors (Lipinski definition) is 5. The number of esters is 1. The van der Waals surface area contributed by atoms with Crippen molar-refractivity contribution < 1.29 is 14.3 Å². The van der Waals surface area contributed by atoms with Crippen LogP contribution in [0.15, 0.2) is 6.07 Å². The van der Waals surface area contributed by atoms with Gasteiger partial charge in [0.1, 0.15) is 6.54 Å². The zero-order chi connectivity index (χ0) is 14.4. The maximum Gasteiger partial charge on any atom is 0.325 e. The van der Waals surface area contributed by atoms with Crippen LogP contribution in [0.2, 0.25) is 0 Å². The lowest BCUT2D eigenvalue weighted by Crippen LogP contribution is -2.32. The van der Waals surface area contributed by atoms with E-state index in [0.717, 1.165) is 10.4 Å². The number of carbonyl (C=O) groups is 2. The lowest BCUT2D eigenvalue weighted by molar-refractivity contribution is -0.141. The van der Waals surface area contributed by atoms with Crippen molar-refractivity contribution in [1.82, 2.24) is 4.90 Å². The summed E-state index contributed by atoms with van der Waals surface area (Å²) in [7, 11) is 2.84. The van der Waals surface area contributed by atoms with Crippen molar-refractivity contribution in [2.75, 3.05) is 27.2 Å². The largest absolute Gasteiger partial charge is 0.468 e. The van der Waals surface area contributed by atoms with Gasteiger partial charge in [-0.3, -0.25) is 9.59 Å². The molecule has 5 nitrogen and oxygen atoms in total. The first-order valence-electron chi connectivity index (χ1n) is 5.61. The van der Waals surface area contributed by atoms with Gasteiger partial charge < -0.3 is 15.4 Å². The van der Waals surface area contributed by atoms with E-state index in [1.165, 1.54) is 23.3 Å². The minimum atomic E-state index is -0.452. The van der Waals surface area contributed by atoms with Crippen LogP contribution in [0.1, 0.15) is 20.1 Å². The Balaban J connectivity index is 2.85. The lowest BCUT2D eigenvalue weighted by atomic mass is 10.2. The van der Waals surface area contributed by atoms with E-state index in [9.17, 15) is 9.59 Å². The SMILES string of the molecule is COC(=O)CN(C)C(=O)c1cc(C)c(C#CCN)s1. The molecule has 1 amide bonds. The number of methoxy groups -OCH3 is 1. The van der Waals surface area contributed by atoms with Gasteiger partial charge in [0.25, 0.3) is 5.91 Å². The average Bonchev–Trinajstić information content (AvgIpc) is 2.76. The van der Waals surface area contributed by atoms with Gasteiger partial charge in [-0.25, -0.2) is 0 Å². The van der Waals surface area contributed by atoms with Gasteiger partial charge in [-0.2, -0.15) is 0 Å². The van der Waals surface area contributed by atoms with Crippen LogP contribution in [0.5, 0.6) is 0 Å². The van der Waals surface area contributed by atoms with Crippen LogP contribution >= 0.6 is 11.3 Å². The first-order valence-corrected chi connectivity index (χ1v) is 6.43. The van der Waals surface area contributed by atoms with Crippen LogP contribution in [0, 0.1) is 18.8 Å². The van der Waals surface area contributed by atoms with E-state index in [1.54, 1.807) is 13.1 Å². The number of carbonyl (C=O) groups excluding carboxylic acids is 2. The number of likely N-dealkylation sites (N-methyl/N-ethyl adjacent to an activating group) is 1. The van der Waals surface area contributed by atoms with Gasteiger partial charge in [-0.15, -0.1) is 11.3 Å². The first-order chi connectivity index (χ1) is 8.99. The highest BCUT2D eigenvalue weighted by Gasteiger charge is 2.18. The van der Waals surface area contributed by atoms with E-state index in [2.05, 4.69) is 16.6 Å². The van der Waals surface area contributed by atoms with Crippen molar-refractivity contribution in [2.45, 2.75) is 6.92 Å². The molecule has 0 fully saturated rings. The van der Waals surface area contributed by atoms with Gasteiger partial charge in [-0.05, 0) is 18.6 Å². The molecule has 19 heavy (non-hydrogen) atoms. The van der Waals surface area contributed by atoms with E-state index in [0.29, 0.717) is 4.88 Å². The molecule has 0 aliphatic rings. The summed E-state index contributed by atoms with van der Waals surface area (Å²) in [5, 5.41) is 0. The fourth-order valence-corrected chi connectivity index (χ4v) is 2.40. The number of hydrogen-bond donors (Lipinski definition) is 1. The predicted molar refractivity (Wildman–Crippen MR) is 74.0 cm³/mol. The molecule has 0 aliphatic heterocycles. The number of nitrogens with two attached hydrogens (primary N) is 1. The molecule has 1 aromatic rings. The lowest BCUT2D eigenvalue weighted by Gasteiger charge is -2.14. The third-order valence-electron chi connectivity index (χ3n) is 2.37. The molecule has 1 rings (SSSR count).